The van der Waals surface area contributed by atoms with Crippen LogP contribution in [-0.2, 0) is 10.2 Å². The van der Waals surface area contributed by atoms with Crippen LogP contribution in [-0.4, -0.2) is 45.7 Å². The molecule has 2 amide bonds. The lowest BCUT2D eigenvalue weighted by atomic mass is 9.64. The number of ether oxygens (including phenoxy) is 3. The normalized spacial score (nSPS) is 15.2. The molecule has 1 saturated carbocycles. The van der Waals surface area contributed by atoms with Crippen molar-refractivity contribution in [3.8, 4) is 17.2 Å². The summed E-state index contributed by atoms with van der Waals surface area (Å²) in [5.74, 6) is 0.494. The highest BCUT2D eigenvalue weighted by Gasteiger charge is 2.39. The molecule has 0 unspecified atom stereocenters. The molecule has 0 heterocycles. The number of rotatable bonds is 10. The van der Waals surface area contributed by atoms with Crippen LogP contribution in [0.5, 0.6) is 17.2 Å². The molecule has 0 aromatic heterocycles. The van der Waals surface area contributed by atoms with Gasteiger partial charge in [-0.15, -0.1) is 0 Å². The number of amides is 2. The molecule has 178 valence electrons. The summed E-state index contributed by atoms with van der Waals surface area (Å²) in [7, 11) is 4.49. The zero-order chi connectivity index (χ0) is 24.0. The first-order valence-electron chi connectivity index (χ1n) is 11.3. The van der Waals surface area contributed by atoms with Crippen molar-refractivity contribution >= 4 is 11.8 Å². The number of methoxy groups -OCH3 is 3. The fourth-order valence-electron chi connectivity index (χ4n) is 4.30. The molecule has 1 aliphatic carbocycles. The van der Waals surface area contributed by atoms with E-state index >= 15 is 0 Å². The van der Waals surface area contributed by atoms with Crippen LogP contribution in [0, 0.1) is 5.92 Å². The summed E-state index contributed by atoms with van der Waals surface area (Å²) in [6.07, 6.45) is 3.24. The topological polar surface area (TPSA) is 85.9 Å². The predicted octanol–water partition coefficient (Wildman–Crippen LogP) is 3.70. The van der Waals surface area contributed by atoms with Gasteiger partial charge in [-0.1, -0.05) is 50.6 Å². The Morgan fingerprint density at radius 3 is 2.03 bits per heavy atom. The first kappa shape index (κ1) is 24.4. The van der Waals surface area contributed by atoms with Gasteiger partial charge in [0.15, 0.2) is 11.5 Å². The summed E-state index contributed by atoms with van der Waals surface area (Å²) in [5, 5.41) is 5.98. The van der Waals surface area contributed by atoms with Crippen LogP contribution in [0.2, 0.25) is 0 Å². The fourth-order valence-corrected chi connectivity index (χ4v) is 4.30. The summed E-state index contributed by atoms with van der Waals surface area (Å²) in [4.78, 5) is 26.2. The highest BCUT2D eigenvalue weighted by atomic mass is 16.5. The van der Waals surface area contributed by atoms with E-state index in [0.717, 1.165) is 19.3 Å². The van der Waals surface area contributed by atoms with Crippen LogP contribution in [0.3, 0.4) is 0 Å². The Morgan fingerprint density at radius 2 is 1.58 bits per heavy atom. The summed E-state index contributed by atoms with van der Waals surface area (Å²) in [6, 6.07) is 12.8. The Balaban J connectivity index is 1.73. The molecule has 2 N–H and O–H groups in total. The van der Waals surface area contributed by atoms with Gasteiger partial charge in [-0.05, 0) is 36.5 Å². The molecule has 0 saturated heterocycles. The lowest BCUT2D eigenvalue weighted by molar-refractivity contribution is -0.124. The molecule has 1 fully saturated rings. The maximum Gasteiger partial charge on any atom is 0.252 e. The molecule has 1 aliphatic rings. The highest BCUT2D eigenvalue weighted by molar-refractivity contribution is 5.98. The lowest BCUT2D eigenvalue weighted by Gasteiger charge is -2.43. The molecule has 2 aromatic carbocycles. The van der Waals surface area contributed by atoms with Crippen LogP contribution < -0.4 is 24.8 Å². The average Bonchev–Trinajstić information content (AvgIpc) is 2.80. The van der Waals surface area contributed by atoms with Gasteiger partial charge in [0, 0.05) is 17.5 Å². The van der Waals surface area contributed by atoms with E-state index in [9.17, 15) is 9.59 Å². The quantitative estimate of drug-likeness (QED) is 0.572. The van der Waals surface area contributed by atoms with Gasteiger partial charge in [-0.3, -0.25) is 9.59 Å². The second-order valence-corrected chi connectivity index (χ2v) is 8.83. The van der Waals surface area contributed by atoms with Gasteiger partial charge in [0.05, 0.1) is 21.3 Å². The van der Waals surface area contributed by atoms with Crippen molar-refractivity contribution in [3.63, 3.8) is 0 Å². The molecule has 2 aromatic rings. The third-order valence-corrected chi connectivity index (χ3v) is 6.46. The van der Waals surface area contributed by atoms with Crippen LogP contribution in [0.25, 0.3) is 0 Å². The molecule has 0 radical (unpaired) electrons. The van der Waals surface area contributed by atoms with E-state index in [0.29, 0.717) is 29.4 Å². The van der Waals surface area contributed by atoms with E-state index in [2.05, 4.69) is 22.8 Å². The van der Waals surface area contributed by atoms with Crippen LogP contribution in [0.15, 0.2) is 42.5 Å². The van der Waals surface area contributed by atoms with Crippen molar-refractivity contribution in [3.05, 3.63) is 53.6 Å². The van der Waals surface area contributed by atoms with Gasteiger partial charge in [-0.25, -0.2) is 0 Å². The second-order valence-electron chi connectivity index (χ2n) is 8.83. The molecule has 33 heavy (non-hydrogen) atoms. The van der Waals surface area contributed by atoms with Crippen molar-refractivity contribution < 1.29 is 23.8 Å². The first-order valence-corrected chi connectivity index (χ1v) is 11.3. The van der Waals surface area contributed by atoms with Gasteiger partial charge in [0.25, 0.3) is 5.91 Å². The smallest absolute Gasteiger partial charge is 0.252 e. The van der Waals surface area contributed by atoms with Gasteiger partial charge in [0.1, 0.15) is 6.04 Å². The Kier molecular flexibility index (Phi) is 7.84. The number of benzene rings is 2. The second kappa shape index (κ2) is 10.6. The Morgan fingerprint density at radius 1 is 0.970 bits per heavy atom. The van der Waals surface area contributed by atoms with E-state index in [1.54, 1.807) is 12.1 Å². The zero-order valence-electron chi connectivity index (χ0n) is 20.1. The van der Waals surface area contributed by atoms with Crippen molar-refractivity contribution in [2.45, 2.75) is 44.6 Å². The number of hydrogen-bond acceptors (Lipinski definition) is 5. The van der Waals surface area contributed by atoms with Crippen molar-refractivity contribution in [2.24, 2.45) is 5.92 Å². The Labute approximate surface area is 195 Å². The van der Waals surface area contributed by atoms with E-state index in [1.807, 2.05) is 32.0 Å². The van der Waals surface area contributed by atoms with Crippen molar-refractivity contribution in [1.29, 1.82) is 0 Å². The van der Waals surface area contributed by atoms with Crippen molar-refractivity contribution in [1.82, 2.24) is 10.6 Å². The van der Waals surface area contributed by atoms with Crippen molar-refractivity contribution in [2.75, 3.05) is 27.9 Å². The summed E-state index contributed by atoms with van der Waals surface area (Å²) in [5.41, 5.74) is 1.54. The lowest BCUT2D eigenvalue weighted by Crippen LogP contribution is -2.53. The van der Waals surface area contributed by atoms with Crippen LogP contribution >= 0.6 is 0 Å². The van der Waals surface area contributed by atoms with E-state index in [4.69, 9.17) is 14.2 Å². The SMILES string of the molecule is COc1cc(C(=O)N[C@H](C(=O)NCC2(c3ccccc3)CCC2)C(C)C)cc(OC)c1OC. The third-order valence-electron chi connectivity index (χ3n) is 6.46. The largest absolute Gasteiger partial charge is 0.493 e. The van der Waals surface area contributed by atoms with Gasteiger partial charge in [0.2, 0.25) is 11.7 Å². The van der Waals surface area contributed by atoms with Crippen LogP contribution in [0.1, 0.15) is 49.0 Å². The maximum atomic E-state index is 13.1. The highest BCUT2D eigenvalue weighted by Crippen LogP contribution is 2.43. The molecule has 3 rings (SSSR count). The predicted molar refractivity (Wildman–Crippen MR) is 127 cm³/mol. The van der Waals surface area contributed by atoms with Gasteiger partial charge in [-0.2, -0.15) is 0 Å². The van der Waals surface area contributed by atoms with Crippen LogP contribution in [0.4, 0.5) is 0 Å². The van der Waals surface area contributed by atoms with Gasteiger partial charge < -0.3 is 24.8 Å². The molecule has 7 heteroatoms. The third kappa shape index (κ3) is 5.24. The number of hydrogen-bond donors (Lipinski definition) is 2. The molecule has 0 aliphatic heterocycles. The maximum absolute atomic E-state index is 13.1. The van der Waals surface area contributed by atoms with E-state index in [-0.39, 0.29) is 23.1 Å². The summed E-state index contributed by atoms with van der Waals surface area (Å²) >= 11 is 0. The standard InChI is InChI=1S/C26H34N2O5/c1-17(2)22(25(30)27-16-26(12-9-13-26)19-10-7-6-8-11-19)28-24(29)18-14-20(31-3)23(33-5)21(15-18)32-4/h6-8,10-11,14-15,17,22H,9,12-13,16H2,1-5H3,(H,27,30)(H,28,29)/t22-/m0/s1. The molecular weight excluding hydrogens is 420 g/mol. The zero-order valence-corrected chi connectivity index (χ0v) is 20.1. The monoisotopic (exact) mass is 454 g/mol. The molecular formula is C26H34N2O5. The Bertz CT molecular complexity index is 945. The average molecular weight is 455 g/mol. The minimum atomic E-state index is -0.676. The molecule has 0 spiro atoms. The Hall–Kier alpha value is -3.22. The first-order chi connectivity index (χ1) is 15.8. The minimum absolute atomic E-state index is 0.0286. The minimum Gasteiger partial charge on any atom is -0.493 e. The van der Waals surface area contributed by atoms with E-state index in [1.165, 1.54) is 26.9 Å². The van der Waals surface area contributed by atoms with Gasteiger partial charge >= 0.3 is 0 Å². The molecule has 1 atom stereocenters. The number of carbonyl (C=O) groups is 2. The fraction of sp³-hybridized carbons (Fsp3) is 0.462. The molecule has 7 nitrogen and oxygen atoms in total. The van der Waals surface area contributed by atoms with E-state index < -0.39 is 6.04 Å². The summed E-state index contributed by atoms with van der Waals surface area (Å²) < 4.78 is 16.0. The summed E-state index contributed by atoms with van der Waals surface area (Å²) in [6.45, 7) is 4.38. The molecule has 0 bridgehead atoms. The number of nitrogens with one attached hydrogen (secondary N) is 2. The number of carbonyl (C=O) groups excluding carboxylic acids is 2.